The minimum atomic E-state index is -2.27. The Kier molecular flexibility index (Phi) is 7.82. The van der Waals surface area contributed by atoms with Crippen LogP contribution in [0.3, 0.4) is 0 Å². The molecule has 0 aromatic heterocycles. The average Bonchev–Trinajstić information content (AvgIpc) is 3.70. The second-order valence-corrected chi connectivity index (χ2v) is 13.8. The van der Waals surface area contributed by atoms with Crippen molar-refractivity contribution < 1.29 is 49.8 Å². The number of benzene rings is 2. The molecule has 0 radical (unpaired) electrons. The number of rotatable bonds is 7. The number of amides is 1. The van der Waals surface area contributed by atoms with Gasteiger partial charge in [-0.2, -0.15) is 0 Å². The summed E-state index contributed by atoms with van der Waals surface area (Å²) in [6.07, 6.45) is 3.40. The van der Waals surface area contributed by atoms with E-state index in [0.717, 1.165) is 55.0 Å². The molecular formula is C35H40N2O10. The Hall–Kier alpha value is -3.97. The lowest BCUT2D eigenvalue weighted by molar-refractivity contribution is -0.200. The van der Waals surface area contributed by atoms with Gasteiger partial charge in [-0.3, -0.25) is 9.69 Å². The summed E-state index contributed by atoms with van der Waals surface area (Å²) in [4.78, 5) is 37.8. The zero-order valence-electron chi connectivity index (χ0n) is 25.9. The molecule has 3 unspecified atom stereocenters. The highest BCUT2D eigenvalue weighted by Gasteiger charge is 2.73. The normalized spacial score (nSPS) is 32.6. The zero-order chi connectivity index (χ0) is 33.2. The number of piperidine rings is 1. The Bertz CT molecular complexity index is 1610. The molecule has 2 aromatic rings. The number of aliphatic carboxylic acids is 2. The van der Waals surface area contributed by atoms with Gasteiger partial charge in [0.1, 0.15) is 6.10 Å². The summed E-state index contributed by atoms with van der Waals surface area (Å²) in [6.45, 7) is 2.66. The van der Waals surface area contributed by atoms with Gasteiger partial charge < -0.3 is 40.3 Å². The molecule has 47 heavy (non-hydrogen) atoms. The fraction of sp³-hybridized carbons (Fsp3) is 0.514. The molecule has 12 heteroatoms. The fourth-order valence-electron chi connectivity index (χ4n) is 8.88. The molecule has 2 saturated heterocycles. The first-order valence-electron chi connectivity index (χ1n) is 16.3. The first kappa shape index (κ1) is 31.6. The van der Waals surface area contributed by atoms with Gasteiger partial charge in [-0.05, 0) is 80.7 Å². The molecule has 2 aromatic carbocycles. The number of hydrogen-bond acceptors (Lipinski definition) is 9. The summed E-state index contributed by atoms with van der Waals surface area (Å²) in [5.74, 6) is -1.99. The van der Waals surface area contributed by atoms with Crippen LogP contribution in [0.1, 0.15) is 55.2 Å². The molecule has 1 amide bonds. The van der Waals surface area contributed by atoms with E-state index < -0.39 is 35.2 Å². The van der Waals surface area contributed by atoms with Gasteiger partial charge in [0.2, 0.25) is 5.91 Å². The number of carbonyl (C=O) groups excluding carboxylic acids is 1. The van der Waals surface area contributed by atoms with Gasteiger partial charge in [-0.15, -0.1) is 0 Å². The number of carboxylic acid groups (broad SMARTS) is 2. The van der Waals surface area contributed by atoms with Crippen LogP contribution < -0.4 is 4.74 Å². The summed E-state index contributed by atoms with van der Waals surface area (Å²) in [7, 11) is 0. The van der Waals surface area contributed by atoms with E-state index in [-0.39, 0.29) is 29.8 Å². The van der Waals surface area contributed by atoms with Gasteiger partial charge in [0.05, 0.1) is 17.1 Å². The molecule has 3 aliphatic carbocycles. The molecule has 1 spiro atoms. The van der Waals surface area contributed by atoms with Crippen LogP contribution in [0.25, 0.3) is 6.08 Å². The molecule has 3 heterocycles. The number of phenolic OH excluding ortho intramolecular Hbond substituents is 1. The molecule has 250 valence electrons. The Morgan fingerprint density at radius 1 is 0.979 bits per heavy atom. The Morgan fingerprint density at radius 3 is 2.34 bits per heavy atom. The van der Waals surface area contributed by atoms with E-state index in [0.29, 0.717) is 25.1 Å². The highest BCUT2D eigenvalue weighted by Crippen LogP contribution is 2.66. The van der Waals surface area contributed by atoms with Crippen LogP contribution in [-0.4, -0.2) is 114 Å². The molecular weight excluding hydrogens is 608 g/mol. The van der Waals surface area contributed by atoms with E-state index in [1.165, 1.54) is 18.4 Å². The fourth-order valence-corrected chi connectivity index (χ4v) is 8.88. The highest BCUT2D eigenvalue weighted by molar-refractivity contribution is 6.00. The molecule has 2 saturated carbocycles. The van der Waals surface area contributed by atoms with E-state index >= 15 is 0 Å². The number of carbonyl (C=O) groups is 3. The predicted molar refractivity (Wildman–Crippen MR) is 167 cm³/mol. The number of likely N-dealkylation sites (tertiary alicyclic amines) is 2. The minimum Gasteiger partial charge on any atom is -0.504 e. The lowest BCUT2D eigenvalue weighted by Crippen LogP contribution is -2.78. The van der Waals surface area contributed by atoms with Crippen molar-refractivity contribution in [3.05, 3.63) is 64.7 Å². The third-order valence-electron chi connectivity index (χ3n) is 11.2. The van der Waals surface area contributed by atoms with Crippen LogP contribution in [0.4, 0.5) is 0 Å². The number of phenols is 1. The van der Waals surface area contributed by atoms with E-state index in [9.17, 15) is 24.6 Å². The van der Waals surface area contributed by atoms with Gasteiger partial charge in [-0.25, -0.2) is 9.59 Å². The smallest absolute Gasteiger partial charge is 0.335 e. The molecule has 8 rings (SSSR count). The topological polar surface area (TPSA) is 188 Å². The molecule has 3 aliphatic heterocycles. The maximum Gasteiger partial charge on any atom is 0.335 e. The van der Waals surface area contributed by atoms with Crippen molar-refractivity contribution in [3.8, 4) is 11.5 Å². The second-order valence-electron chi connectivity index (χ2n) is 13.8. The molecule has 2 bridgehead atoms. The van der Waals surface area contributed by atoms with Crippen LogP contribution >= 0.6 is 0 Å². The van der Waals surface area contributed by atoms with Crippen molar-refractivity contribution in [3.63, 3.8) is 0 Å². The lowest BCUT2D eigenvalue weighted by atomic mass is 9.48. The van der Waals surface area contributed by atoms with Crippen molar-refractivity contribution in [2.75, 3.05) is 19.6 Å². The van der Waals surface area contributed by atoms with Crippen LogP contribution in [0.15, 0.2) is 48.0 Å². The summed E-state index contributed by atoms with van der Waals surface area (Å²) in [5.41, 5.74) is 2.60. The Morgan fingerprint density at radius 2 is 1.68 bits per heavy atom. The monoisotopic (exact) mass is 648 g/mol. The van der Waals surface area contributed by atoms with Crippen molar-refractivity contribution >= 4 is 23.9 Å². The van der Waals surface area contributed by atoms with Gasteiger partial charge >= 0.3 is 11.9 Å². The molecule has 6 aliphatic rings. The maximum atomic E-state index is 13.7. The summed E-state index contributed by atoms with van der Waals surface area (Å²) in [6, 6.07) is 13.8. The first-order valence-corrected chi connectivity index (χ1v) is 16.3. The minimum absolute atomic E-state index is 0.0553. The first-order chi connectivity index (χ1) is 22.5. The quantitative estimate of drug-likeness (QED) is 0.239. The van der Waals surface area contributed by atoms with Crippen molar-refractivity contribution in [1.29, 1.82) is 0 Å². The number of aliphatic hydroxyl groups is 3. The lowest BCUT2D eigenvalue weighted by Gasteiger charge is -2.64. The number of ether oxygens (including phenoxy) is 1. The number of carboxylic acids is 2. The van der Waals surface area contributed by atoms with Crippen LogP contribution in [0.2, 0.25) is 0 Å². The molecule has 7 atom stereocenters. The van der Waals surface area contributed by atoms with Gasteiger partial charge in [0.15, 0.2) is 23.7 Å². The summed E-state index contributed by atoms with van der Waals surface area (Å²) in [5, 5.41) is 56.1. The highest BCUT2D eigenvalue weighted by atomic mass is 16.5. The zero-order valence-corrected chi connectivity index (χ0v) is 25.9. The van der Waals surface area contributed by atoms with Crippen molar-refractivity contribution in [2.24, 2.45) is 5.92 Å². The SMILES string of the molecule is O=C(O)C(O)C(O)C(=O)O.O=C1C(=Cc2ccccc2)CCN1[C@@H]1CCC2(O)[C@H]3Cc4ccc(O)c5c4[C@@]2(CCN3CC2CC2)[C@H]1O5. The van der Waals surface area contributed by atoms with E-state index in [2.05, 4.69) is 4.90 Å². The third-order valence-corrected chi connectivity index (χ3v) is 11.2. The summed E-state index contributed by atoms with van der Waals surface area (Å²) < 4.78 is 6.69. The van der Waals surface area contributed by atoms with E-state index in [1.807, 2.05) is 47.4 Å². The Labute approximate surface area is 271 Å². The van der Waals surface area contributed by atoms with Crippen LogP contribution in [0, 0.1) is 5.92 Å². The number of aliphatic hydroxyl groups excluding tert-OH is 2. The van der Waals surface area contributed by atoms with Crippen molar-refractivity contribution in [1.82, 2.24) is 9.80 Å². The number of nitrogens with zero attached hydrogens (tertiary/aromatic N) is 2. The molecule has 12 nitrogen and oxygen atoms in total. The summed E-state index contributed by atoms with van der Waals surface area (Å²) >= 11 is 0. The van der Waals surface area contributed by atoms with E-state index in [4.69, 9.17) is 25.2 Å². The molecule has 6 N–H and O–H groups in total. The van der Waals surface area contributed by atoms with Crippen LogP contribution in [-0.2, 0) is 26.2 Å². The maximum absolute atomic E-state index is 13.7. The molecule has 4 fully saturated rings. The standard InChI is InChI=1S/C31H34N2O4.C4H6O6/c34-24-9-8-21-17-25-31(36)12-10-23(33-14-11-22(29(33)35)16-19-4-2-1-3-5-19)28-30(31,26(21)27(24)37-28)13-15-32(25)18-20-6-7-20;5-1(3(7)8)2(6)4(9)10/h1-5,8-9,16,20,23,25,28,34,36H,6-7,10-15,17-18H2;1-2,5-6H,(H,7,8)(H,9,10)/t23-,25-,28+,30+,31?;/m1./s1. The van der Waals surface area contributed by atoms with E-state index in [1.54, 1.807) is 6.07 Å². The van der Waals surface area contributed by atoms with Gasteiger partial charge in [0.25, 0.3) is 0 Å². The second kappa shape index (κ2) is 11.6. The number of aromatic hydroxyl groups is 1. The third kappa shape index (κ3) is 5.00. The van der Waals surface area contributed by atoms with Crippen LogP contribution in [0.5, 0.6) is 11.5 Å². The van der Waals surface area contributed by atoms with Gasteiger partial charge in [0, 0.05) is 30.3 Å². The number of hydrogen-bond donors (Lipinski definition) is 6. The average molecular weight is 649 g/mol. The van der Waals surface area contributed by atoms with Crippen molar-refractivity contribution in [2.45, 2.75) is 86.4 Å². The largest absolute Gasteiger partial charge is 0.504 e. The van der Waals surface area contributed by atoms with Gasteiger partial charge in [-0.1, -0.05) is 36.4 Å². The Balaban J connectivity index is 0.000000308. The predicted octanol–water partition coefficient (Wildman–Crippen LogP) is 1.52.